The number of thiophene rings is 1. The van der Waals surface area contributed by atoms with E-state index in [9.17, 15) is 9.59 Å². The summed E-state index contributed by atoms with van der Waals surface area (Å²) in [6.45, 7) is 1.84. The zero-order valence-electron chi connectivity index (χ0n) is 14.0. The first-order chi connectivity index (χ1) is 12.6. The van der Waals surface area contributed by atoms with Gasteiger partial charge >= 0.3 is 0 Å². The Bertz CT molecular complexity index is 955. The molecule has 0 aliphatic carbocycles. The maximum atomic E-state index is 12.3. The van der Waals surface area contributed by atoms with Crippen molar-refractivity contribution in [2.75, 3.05) is 6.61 Å². The van der Waals surface area contributed by atoms with Crippen molar-refractivity contribution in [3.05, 3.63) is 64.0 Å². The van der Waals surface area contributed by atoms with Crippen molar-refractivity contribution in [2.24, 2.45) is 0 Å². The Hall–Kier alpha value is -2.57. The number of carbonyl (C=O) groups is 2. The molecular weight excluding hydrogens is 372 g/mol. The molecule has 0 radical (unpaired) electrons. The molecule has 0 saturated heterocycles. The van der Waals surface area contributed by atoms with Gasteiger partial charge in [0.25, 0.3) is 11.8 Å². The number of hydrogen-bond acceptors (Lipinski definition) is 4. The summed E-state index contributed by atoms with van der Waals surface area (Å²) in [5.74, 6) is -0.312. The van der Waals surface area contributed by atoms with E-state index in [0.717, 1.165) is 22.1 Å². The fourth-order valence-electron chi connectivity index (χ4n) is 2.38. The van der Waals surface area contributed by atoms with E-state index in [2.05, 4.69) is 10.9 Å². The Morgan fingerprint density at radius 3 is 2.69 bits per heavy atom. The summed E-state index contributed by atoms with van der Waals surface area (Å²) in [5.41, 5.74) is 5.82. The number of aryl methyl sites for hydroxylation is 1. The molecule has 1 aromatic heterocycles. The van der Waals surface area contributed by atoms with Crippen LogP contribution in [0.3, 0.4) is 0 Å². The van der Waals surface area contributed by atoms with Crippen LogP contribution in [0.15, 0.2) is 48.5 Å². The van der Waals surface area contributed by atoms with Crippen LogP contribution in [0, 0.1) is 0 Å². The van der Waals surface area contributed by atoms with Crippen LogP contribution < -0.4 is 15.6 Å². The molecule has 0 saturated carbocycles. The molecule has 0 aliphatic rings. The molecule has 1 heterocycles. The number of amides is 2. The number of rotatable bonds is 5. The number of ether oxygens (including phenoxy) is 1. The van der Waals surface area contributed by atoms with Crippen molar-refractivity contribution < 1.29 is 14.3 Å². The zero-order valence-corrected chi connectivity index (χ0v) is 15.6. The minimum absolute atomic E-state index is 0.201. The highest BCUT2D eigenvalue weighted by molar-refractivity contribution is 7.21. The number of hydrazine groups is 1. The first-order valence-corrected chi connectivity index (χ1v) is 9.26. The van der Waals surface area contributed by atoms with Crippen LogP contribution in [0.5, 0.6) is 5.75 Å². The van der Waals surface area contributed by atoms with E-state index in [1.165, 1.54) is 11.3 Å². The molecule has 2 N–H and O–H groups in total. The lowest BCUT2D eigenvalue weighted by molar-refractivity contribution is -0.123. The van der Waals surface area contributed by atoms with Crippen molar-refractivity contribution in [1.82, 2.24) is 10.9 Å². The Kier molecular flexibility index (Phi) is 5.75. The Morgan fingerprint density at radius 1 is 1.12 bits per heavy atom. The van der Waals surface area contributed by atoms with Gasteiger partial charge in [0.2, 0.25) is 0 Å². The van der Waals surface area contributed by atoms with E-state index in [4.69, 9.17) is 16.3 Å². The van der Waals surface area contributed by atoms with Gasteiger partial charge in [-0.2, -0.15) is 0 Å². The van der Waals surface area contributed by atoms with E-state index >= 15 is 0 Å². The van der Waals surface area contributed by atoms with Gasteiger partial charge in [0.1, 0.15) is 10.6 Å². The molecular formula is C19H17ClN2O3S. The highest BCUT2D eigenvalue weighted by Crippen LogP contribution is 2.34. The standard InChI is InChI=1S/C19H17ClN2O3S/c1-2-12-6-5-7-13(10-12)25-11-16(23)21-22-19(24)18-17(20)14-8-3-4-9-15(14)26-18/h3-10H,2,11H2,1H3,(H,21,23)(H,22,24). The summed E-state index contributed by atoms with van der Waals surface area (Å²) in [4.78, 5) is 24.5. The Balaban J connectivity index is 1.55. The molecule has 26 heavy (non-hydrogen) atoms. The fraction of sp³-hybridized carbons (Fsp3) is 0.158. The minimum Gasteiger partial charge on any atom is -0.484 e. The largest absolute Gasteiger partial charge is 0.484 e. The van der Waals surface area contributed by atoms with Crippen LogP contribution >= 0.6 is 22.9 Å². The zero-order chi connectivity index (χ0) is 18.5. The maximum absolute atomic E-state index is 12.3. The first kappa shape index (κ1) is 18.2. The number of nitrogens with one attached hydrogen (secondary N) is 2. The lowest BCUT2D eigenvalue weighted by Crippen LogP contribution is -2.43. The van der Waals surface area contributed by atoms with Crippen LogP contribution in [0.4, 0.5) is 0 Å². The van der Waals surface area contributed by atoms with Crippen LogP contribution in [0.25, 0.3) is 10.1 Å². The third-order valence-electron chi connectivity index (χ3n) is 3.73. The van der Waals surface area contributed by atoms with E-state index in [0.29, 0.717) is 15.6 Å². The highest BCUT2D eigenvalue weighted by atomic mass is 35.5. The Morgan fingerprint density at radius 2 is 1.92 bits per heavy atom. The van der Waals surface area contributed by atoms with Crippen molar-refractivity contribution >= 4 is 44.8 Å². The molecule has 134 valence electrons. The van der Waals surface area contributed by atoms with Gasteiger partial charge in [-0.05, 0) is 30.2 Å². The van der Waals surface area contributed by atoms with Gasteiger partial charge < -0.3 is 4.74 Å². The average molecular weight is 389 g/mol. The quantitative estimate of drug-likeness (QED) is 0.650. The lowest BCUT2D eigenvalue weighted by Gasteiger charge is -2.09. The molecule has 3 rings (SSSR count). The number of carbonyl (C=O) groups excluding carboxylic acids is 2. The fourth-order valence-corrected chi connectivity index (χ4v) is 3.80. The SMILES string of the molecule is CCc1cccc(OCC(=O)NNC(=O)c2sc3ccccc3c2Cl)c1. The second kappa shape index (κ2) is 8.21. The monoisotopic (exact) mass is 388 g/mol. The minimum atomic E-state index is -0.461. The second-order valence-electron chi connectivity index (χ2n) is 5.53. The van der Waals surface area contributed by atoms with Crippen molar-refractivity contribution in [3.8, 4) is 5.75 Å². The van der Waals surface area contributed by atoms with Gasteiger partial charge in [-0.25, -0.2) is 0 Å². The molecule has 2 amide bonds. The molecule has 0 unspecified atom stereocenters. The van der Waals surface area contributed by atoms with Gasteiger partial charge in [0.05, 0.1) is 5.02 Å². The summed E-state index contributed by atoms with van der Waals surface area (Å²) in [7, 11) is 0. The third kappa shape index (κ3) is 4.15. The molecule has 0 aliphatic heterocycles. The van der Waals surface area contributed by atoms with Crippen LogP contribution in [-0.2, 0) is 11.2 Å². The van der Waals surface area contributed by atoms with E-state index in [1.807, 2.05) is 49.4 Å². The molecule has 0 spiro atoms. The van der Waals surface area contributed by atoms with Gasteiger partial charge in [0.15, 0.2) is 6.61 Å². The first-order valence-electron chi connectivity index (χ1n) is 8.06. The number of halogens is 1. The van der Waals surface area contributed by atoms with Gasteiger partial charge in [-0.3, -0.25) is 20.4 Å². The smallest absolute Gasteiger partial charge is 0.281 e. The topological polar surface area (TPSA) is 67.4 Å². The van der Waals surface area contributed by atoms with E-state index in [-0.39, 0.29) is 6.61 Å². The summed E-state index contributed by atoms with van der Waals surface area (Å²) in [6, 6.07) is 15.0. The molecule has 2 aromatic carbocycles. The highest BCUT2D eigenvalue weighted by Gasteiger charge is 2.17. The maximum Gasteiger partial charge on any atom is 0.281 e. The Labute approximate surface area is 159 Å². The third-order valence-corrected chi connectivity index (χ3v) is 5.41. The summed E-state index contributed by atoms with van der Waals surface area (Å²) in [5, 5.41) is 1.19. The predicted molar refractivity (Wildman–Crippen MR) is 104 cm³/mol. The number of hydrogen-bond donors (Lipinski definition) is 2. The molecule has 5 nitrogen and oxygen atoms in total. The summed E-state index contributed by atoms with van der Waals surface area (Å²) < 4.78 is 6.34. The molecule has 0 fully saturated rings. The molecule has 0 bridgehead atoms. The van der Waals surface area contributed by atoms with Gasteiger partial charge in [-0.1, -0.05) is 48.9 Å². The molecule has 0 atom stereocenters. The normalized spacial score (nSPS) is 10.5. The molecule has 3 aromatic rings. The van der Waals surface area contributed by atoms with E-state index in [1.54, 1.807) is 6.07 Å². The number of fused-ring (bicyclic) bond motifs is 1. The van der Waals surface area contributed by atoms with Gasteiger partial charge in [0, 0.05) is 10.1 Å². The lowest BCUT2D eigenvalue weighted by atomic mass is 10.2. The summed E-state index contributed by atoms with van der Waals surface area (Å²) >= 11 is 7.52. The van der Waals surface area contributed by atoms with Crippen LogP contribution in [0.1, 0.15) is 22.2 Å². The van der Waals surface area contributed by atoms with Crippen LogP contribution in [0.2, 0.25) is 5.02 Å². The van der Waals surface area contributed by atoms with Crippen LogP contribution in [-0.4, -0.2) is 18.4 Å². The second-order valence-corrected chi connectivity index (χ2v) is 6.96. The molecule has 7 heteroatoms. The predicted octanol–water partition coefficient (Wildman–Crippen LogP) is 3.96. The summed E-state index contributed by atoms with van der Waals surface area (Å²) in [6.07, 6.45) is 0.884. The van der Waals surface area contributed by atoms with Crippen molar-refractivity contribution in [3.63, 3.8) is 0 Å². The van der Waals surface area contributed by atoms with Crippen molar-refractivity contribution in [2.45, 2.75) is 13.3 Å². The van der Waals surface area contributed by atoms with Gasteiger partial charge in [-0.15, -0.1) is 11.3 Å². The number of benzene rings is 2. The van der Waals surface area contributed by atoms with E-state index < -0.39 is 11.8 Å². The average Bonchev–Trinajstić information content (AvgIpc) is 3.01. The van der Waals surface area contributed by atoms with Crippen molar-refractivity contribution in [1.29, 1.82) is 0 Å².